The van der Waals surface area contributed by atoms with Crippen LogP contribution in [0.2, 0.25) is 5.02 Å². The molecule has 2 aromatic carbocycles. The first-order valence-electron chi connectivity index (χ1n) is 10.5. The molecule has 1 fully saturated rings. The average Bonchev–Trinajstić information content (AvgIpc) is 2.79. The maximum atomic E-state index is 12.4. The van der Waals surface area contributed by atoms with Gasteiger partial charge in [-0.05, 0) is 24.6 Å². The van der Waals surface area contributed by atoms with Crippen LogP contribution in [0, 0.1) is 0 Å². The van der Waals surface area contributed by atoms with E-state index in [1.54, 1.807) is 0 Å². The summed E-state index contributed by atoms with van der Waals surface area (Å²) in [6.45, 7) is 6.74. The fourth-order valence-corrected chi connectivity index (χ4v) is 3.62. The van der Waals surface area contributed by atoms with Gasteiger partial charge in [0.25, 0.3) is 0 Å². The Bertz CT molecular complexity index is 857. The molecule has 1 saturated heterocycles. The molecule has 8 heteroatoms. The van der Waals surface area contributed by atoms with Crippen molar-refractivity contribution in [1.82, 2.24) is 20.4 Å². The van der Waals surface area contributed by atoms with E-state index in [2.05, 4.69) is 20.4 Å². The molecule has 1 unspecified atom stereocenters. The minimum absolute atomic E-state index is 0.291. The summed E-state index contributed by atoms with van der Waals surface area (Å²) >= 11 is 6.10. The van der Waals surface area contributed by atoms with Crippen LogP contribution in [0.5, 0.6) is 5.75 Å². The van der Waals surface area contributed by atoms with Crippen molar-refractivity contribution in [2.75, 3.05) is 39.3 Å². The predicted molar refractivity (Wildman–Crippen MR) is 121 cm³/mol. The third-order valence-electron chi connectivity index (χ3n) is 5.37. The van der Waals surface area contributed by atoms with E-state index in [4.69, 9.17) is 16.3 Å². The third-order valence-corrected chi connectivity index (χ3v) is 5.68. The zero-order valence-electron chi connectivity index (χ0n) is 17.7. The number of piperazine rings is 1. The number of imide groups is 1. The minimum atomic E-state index is -0.476. The number of halogens is 1. The molecule has 1 aliphatic rings. The van der Waals surface area contributed by atoms with Gasteiger partial charge in [-0.1, -0.05) is 54.1 Å². The predicted octanol–water partition coefficient (Wildman–Crippen LogP) is 2.75. The summed E-state index contributed by atoms with van der Waals surface area (Å²) in [6, 6.07) is 16.2. The molecular formula is C23H29ClN4O3. The van der Waals surface area contributed by atoms with Crippen LogP contribution in [0.4, 0.5) is 4.79 Å². The number of para-hydroxylation sites is 1. The van der Waals surface area contributed by atoms with Crippen LogP contribution in [-0.2, 0) is 11.3 Å². The number of rotatable bonds is 8. The van der Waals surface area contributed by atoms with Crippen molar-refractivity contribution in [2.24, 2.45) is 0 Å². The largest absolute Gasteiger partial charge is 0.491 e. The number of benzene rings is 2. The second kappa shape index (κ2) is 11.7. The molecule has 1 heterocycles. The molecular weight excluding hydrogens is 416 g/mol. The maximum Gasteiger partial charge on any atom is 0.321 e. The average molecular weight is 445 g/mol. The molecule has 1 aliphatic heterocycles. The Morgan fingerprint density at radius 3 is 2.42 bits per heavy atom. The van der Waals surface area contributed by atoms with Gasteiger partial charge in [0, 0.05) is 39.3 Å². The molecule has 166 valence electrons. The molecule has 31 heavy (non-hydrogen) atoms. The summed E-state index contributed by atoms with van der Waals surface area (Å²) in [5, 5.41) is 5.76. The molecule has 1 atom stereocenters. The highest BCUT2D eigenvalue weighted by Crippen LogP contribution is 2.22. The molecule has 2 aromatic rings. The van der Waals surface area contributed by atoms with E-state index in [1.165, 1.54) is 0 Å². The fourth-order valence-electron chi connectivity index (χ4n) is 3.43. The Balaban J connectivity index is 1.34. The number of urea groups is 1. The van der Waals surface area contributed by atoms with Crippen LogP contribution < -0.4 is 15.4 Å². The SMILES string of the molecule is CC(C(=O)NC(=O)NCc1ccccc1)N1CCN(CCOc2ccccc2Cl)CC1. The van der Waals surface area contributed by atoms with Crippen molar-refractivity contribution in [3.63, 3.8) is 0 Å². The number of amides is 3. The van der Waals surface area contributed by atoms with Gasteiger partial charge in [-0.15, -0.1) is 0 Å². The molecule has 0 spiro atoms. The van der Waals surface area contributed by atoms with Gasteiger partial charge in [-0.3, -0.25) is 19.9 Å². The molecule has 0 bridgehead atoms. The molecule has 0 aromatic heterocycles. The zero-order chi connectivity index (χ0) is 22.1. The van der Waals surface area contributed by atoms with Crippen molar-refractivity contribution in [2.45, 2.75) is 19.5 Å². The Morgan fingerprint density at radius 1 is 1.03 bits per heavy atom. The third kappa shape index (κ3) is 7.24. The zero-order valence-corrected chi connectivity index (χ0v) is 18.5. The quantitative estimate of drug-likeness (QED) is 0.655. The van der Waals surface area contributed by atoms with E-state index in [9.17, 15) is 9.59 Å². The Kier molecular flexibility index (Phi) is 8.70. The molecule has 7 nitrogen and oxygen atoms in total. The van der Waals surface area contributed by atoms with Gasteiger partial charge >= 0.3 is 6.03 Å². The van der Waals surface area contributed by atoms with Crippen LogP contribution in [0.25, 0.3) is 0 Å². The lowest BCUT2D eigenvalue weighted by atomic mass is 10.2. The van der Waals surface area contributed by atoms with Gasteiger partial charge < -0.3 is 10.1 Å². The van der Waals surface area contributed by atoms with E-state index >= 15 is 0 Å². The highest BCUT2D eigenvalue weighted by molar-refractivity contribution is 6.32. The van der Waals surface area contributed by atoms with Crippen LogP contribution in [0.1, 0.15) is 12.5 Å². The van der Waals surface area contributed by atoms with E-state index in [0.717, 1.165) is 38.3 Å². The van der Waals surface area contributed by atoms with Crippen molar-refractivity contribution < 1.29 is 14.3 Å². The smallest absolute Gasteiger partial charge is 0.321 e. The first-order chi connectivity index (χ1) is 15.0. The highest BCUT2D eigenvalue weighted by atomic mass is 35.5. The number of ether oxygens (including phenoxy) is 1. The standard InChI is InChI=1S/C23H29ClN4O3/c1-18(22(29)26-23(30)25-17-19-7-3-2-4-8-19)28-13-11-27(12-14-28)15-16-31-21-10-6-5-9-20(21)24/h2-10,18H,11-17H2,1H3,(H2,25,26,29,30). The molecule has 3 amide bonds. The second-order valence-corrected chi connectivity index (χ2v) is 7.90. The topological polar surface area (TPSA) is 73.9 Å². The van der Waals surface area contributed by atoms with Crippen molar-refractivity contribution >= 4 is 23.5 Å². The molecule has 0 saturated carbocycles. The van der Waals surface area contributed by atoms with E-state index < -0.39 is 6.03 Å². The van der Waals surface area contributed by atoms with E-state index in [-0.39, 0.29) is 11.9 Å². The number of nitrogens with zero attached hydrogens (tertiary/aromatic N) is 2. The number of hydrogen-bond acceptors (Lipinski definition) is 5. The number of nitrogens with one attached hydrogen (secondary N) is 2. The van der Waals surface area contributed by atoms with Crippen LogP contribution in [0.15, 0.2) is 54.6 Å². The summed E-state index contributed by atoms with van der Waals surface area (Å²) in [4.78, 5) is 28.9. The lowest BCUT2D eigenvalue weighted by molar-refractivity contribution is -0.125. The Labute approximate surface area is 188 Å². The monoisotopic (exact) mass is 444 g/mol. The van der Waals surface area contributed by atoms with Crippen molar-refractivity contribution in [3.05, 3.63) is 65.2 Å². The summed E-state index contributed by atoms with van der Waals surface area (Å²) < 4.78 is 5.75. The summed E-state index contributed by atoms with van der Waals surface area (Å²) in [7, 11) is 0. The number of carbonyl (C=O) groups is 2. The first kappa shape index (κ1) is 23.1. The lowest BCUT2D eigenvalue weighted by Gasteiger charge is -2.37. The number of hydrogen-bond donors (Lipinski definition) is 2. The second-order valence-electron chi connectivity index (χ2n) is 7.49. The lowest BCUT2D eigenvalue weighted by Crippen LogP contribution is -2.55. The minimum Gasteiger partial charge on any atom is -0.491 e. The Hall–Kier alpha value is -2.61. The molecule has 3 rings (SSSR count). The van der Waals surface area contributed by atoms with Crippen LogP contribution in [0.3, 0.4) is 0 Å². The molecule has 0 radical (unpaired) electrons. The number of carbonyl (C=O) groups excluding carboxylic acids is 2. The Morgan fingerprint density at radius 2 is 1.71 bits per heavy atom. The summed E-state index contributed by atoms with van der Waals surface area (Å²) in [5.74, 6) is 0.403. The molecule has 2 N–H and O–H groups in total. The van der Waals surface area contributed by atoms with E-state index in [1.807, 2.05) is 61.5 Å². The van der Waals surface area contributed by atoms with Crippen LogP contribution in [-0.4, -0.2) is 67.1 Å². The maximum absolute atomic E-state index is 12.4. The van der Waals surface area contributed by atoms with Crippen molar-refractivity contribution in [3.8, 4) is 5.75 Å². The van der Waals surface area contributed by atoms with Gasteiger partial charge in [0.15, 0.2) is 0 Å². The summed E-state index contributed by atoms with van der Waals surface area (Å²) in [5.41, 5.74) is 0.979. The van der Waals surface area contributed by atoms with Gasteiger partial charge in [0.2, 0.25) is 5.91 Å². The fraction of sp³-hybridized carbons (Fsp3) is 0.391. The summed E-state index contributed by atoms with van der Waals surface area (Å²) in [6.07, 6.45) is 0. The van der Waals surface area contributed by atoms with Gasteiger partial charge in [0.05, 0.1) is 11.1 Å². The highest BCUT2D eigenvalue weighted by Gasteiger charge is 2.26. The van der Waals surface area contributed by atoms with Crippen LogP contribution >= 0.6 is 11.6 Å². The van der Waals surface area contributed by atoms with E-state index in [0.29, 0.717) is 23.9 Å². The molecule has 0 aliphatic carbocycles. The first-order valence-corrected chi connectivity index (χ1v) is 10.9. The normalized spacial score (nSPS) is 15.8. The van der Waals surface area contributed by atoms with Gasteiger partial charge in [-0.2, -0.15) is 0 Å². The van der Waals surface area contributed by atoms with Gasteiger partial charge in [-0.25, -0.2) is 4.79 Å². The van der Waals surface area contributed by atoms with Crippen molar-refractivity contribution in [1.29, 1.82) is 0 Å². The van der Waals surface area contributed by atoms with Gasteiger partial charge in [0.1, 0.15) is 12.4 Å².